The van der Waals surface area contributed by atoms with Crippen LogP contribution in [0.4, 0.5) is 4.79 Å². The number of ether oxygens (including phenoxy) is 2. The topological polar surface area (TPSA) is 79.9 Å². The van der Waals surface area contributed by atoms with Gasteiger partial charge in [-0.15, -0.1) is 0 Å². The molecule has 2 N–H and O–H groups in total. The maximum absolute atomic E-state index is 12.7. The highest BCUT2D eigenvalue weighted by atomic mass is 16.5. The molecule has 0 aromatic heterocycles. The third-order valence-corrected chi connectivity index (χ3v) is 5.25. The van der Waals surface area contributed by atoms with Crippen LogP contribution in [0.25, 0.3) is 0 Å². The lowest BCUT2D eigenvalue weighted by molar-refractivity contribution is -0.126. The number of carbonyl (C=O) groups excluding carboxylic acids is 2. The zero-order chi connectivity index (χ0) is 19.4. The molecular weight excluding hydrogens is 346 g/mol. The molecule has 2 atom stereocenters. The lowest BCUT2D eigenvalue weighted by Gasteiger charge is -2.33. The minimum atomic E-state index is -0.247. The van der Waals surface area contributed by atoms with E-state index in [0.717, 1.165) is 31.2 Å². The number of nitrogens with one attached hydrogen (secondary N) is 2. The summed E-state index contributed by atoms with van der Waals surface area (Å²) in [5.41, 5.74) is 0.852. The minimum absolute atomic E-state index is 0.0810. The number of methoxy groups -OCH3 is 2. The first-order valence-electron chi connectivity index (χ1n) is 9.59. The second-order valence-corrected chi connectivity index (χ2v) is 7.35. The first kappa shape index (κ1) is 19.3. The average molecular weight is 375 g/mol. The number of hydrogen-bond donors (Lipinski definition) is 2. The Kier molecular flexibility index (Phi) is 6.08. The predicted octanol–water partition coefficient (Wildman–Crippen LogP) is 2.46. The van der Waals surface area contributed by atoms with Crippen LogP contribution in [0.2, 0.25) is 0 Å². The van der Waals surface area contributed by atoms with Crippen molar-refractivity contribution in [1.82, 2.24) is 15.5 Å². The van der Waals surface area contributed by atoms with Gasteiger partial charge in [0, 0.05) is 24.7 Å². The lowest BCUT2D eigenvalue weighted by atomic mass is 9.97. The van der Waals surface area contributed by atoms with Gasteiger partial charge in [0.15, 0.2) is 0 Å². The number of urea groups is 1. The molecule has 2 fully saturated rings. The van der Waals surface area contributed by atoms with Gasteiger partial charge in [-0.1, -0.05) is 0 Å². The maximum Gasteiger partial charge on any atom is 0.317 e. The van der Waals surface area contributed by atoms with Crippen molar-refractivity contribution in [3.05, 3.63) is 23.8 Å². The van der Waals surface area contributed by atoms with Crippen molar-refractivity contribution in [2.45, 2.75) is 44.7 Å². The molecule has 1 heterocycles. The number of hydrogen-bond acceptors (Lipinski definition) is 4. The SMILES string of the molecule is COc1ccc(OC)c([C@@H](C)NC(=O)N2CCC[C@H](C(=O)NC3CC3)C2)c1. The second-order valence-electron chi connectivity index (χ2n) is 7.35. The average Bonchev–Trinajstić information content (AvgIpc) is 3.51. The number of carbonyl (C=O) groups is 2. The van der Waals surface area contributed by atoms with Gasteiger partial charge in [0.25, 0.3) is 0 Å². The highest BCUT2D eigenvalue weighted by molar-refractivity contribution is 5.81. The molecule has 7 heteroatoms. The van der Waals surface area contributed by atoms with E-state index in [1.54, 1.807) is 19.1 Å². The van der Waals surface area contributed by atoms with Gasteiger partial charge in [-0.25, -0.2) is 4.79 Å². The highest BCUT2D eigenvalue weighted by Gasteiger charge is 2.32. The highest BCUT2D eigenvalue weighted by Crippen LogP contribution is 2.29. The Hall–Kier alpha value is -2.44. The molecule has 0 bridgehead atoms. The van der Waals surface area contributed by atoms with Gasteiger partial charge in [0.2, 0.25) is 5.91 Å². The van der Waals surface area contributed by atoms with Crippen LogP contribution < -0.4 is 20.1 Å². The van der Waals surface area contributed by atoms with Gasteiger partial charge in [-0.2, -0.15) is 0 Å². The Morgan fingerprint density at radius 3 is 2.63 bits per heavy atom. The van der Waals surface area contributed by atoms with E-state index in [4.69, 9.17) is 9.47 Å². The van der Waals surface area contributed by atoms with Crippen LogP contribution in [-0.2, 0) is 4.79 Å². The first-order chi connectivity index (χ1) is 13.0. The Morgan fingerprint density at radius 1 is 1.19 bits per heavy atom. The van der Waals surface area contributed by atoms with Gasteiger partial charge in [-0.05, 0) is 50.8 Å². The predicted molar refractivity (Wildman–Crippen MR) is 102 cm³/mol. The van der Waals surface area contributed by atoms with Crippen LogP contribution in [0, 0.1) is 5.92 Å². The van der Waals surface area contributed by atoms with Crippen molar-refractivity contribution in [3.63, 3.8) is 0 Å². The van der Waals surface area contributed by atoms with Gasteiger partial charge >= 0.3 is 6.03 Å². The van der Waals surface area contributed by atoms with E-state index in [9.17, 15) is 9.59 Å². The molecule has 0 unspecified atom stereocenters. The summed E-state index contributed by atoms with van der Waals surface area (Å²) in [4.78, 5) is 26.8. The molecule has 1 aliphatic heterocycles. The van der Waals surface area contributed by atoms with Crippen molar-refractivity contribution < 1.29 is 19.1 Å². The smallest absolute Gasteiger partial charge is 0.317 e. The normalized spacial score (nSPS) is 20.6. The van der Waals surface area contributed by atoms with E-state index in [2.05, 4.69) is 10.6 Å². The standard InChI is InChI=1S/C20H29N3O4/c1-13(17-11-16(26-2)8-9-18(17)27-3)21-20(25)23-10-4-5-14(12-23)19(24)22-15-6-7-15/h8-9,11,13-15H,4-7,10,12H2,1-3H3,(H,21,25)(H,22,24)/t13-,14+/m1/s1. The molecular formula is C20H29N3O4. The van der Waals surface area contributed by atoms with Crippen molar-refractivity contribution in [2.75, 3.05) is 27.3 Å². The van der Waals surface area contributed by atoms with Crippen LogP contribution in [-0.4, -0.2) is 50.2 Å². The molecule has 1 aromatic rings. The number of amides is 3. The fourth-order valence-electron chi connectivity index (χ4n) is 3.45. The summed E-state index contributed by atoms with van der Waals surface area (Å²) in [7, 11) is 3.21. The third kappa shape index (κ3) is 4.84. The van der Waals surface area contributed by atoms with E-state index >= 15 is 0 Å². The molecule has 148 valence electrons. The molecule has 1 aliphatic carbocycles. The molecule has 0 spiro atoms. The summed E-state index contributed by atoms with van der Waals surface area (Å²) in [5, 5.41) is 6.07. The van der Waals surface area contributed by atoms with E-state index in [0.29, 0.717) is 30.6 Å². The van der Waals surface area contributed by atoms with Crippen LogP contribution >= 0.6 is 0 Å². The molecule has 1 saturated heterocycles. The summed E-state index contributed by atoms with van der Waals surface area (Å²) in [5.74, 6) is 1.37. The zero-order valence-corrected chi connectivity index (χ0v) is 16.3. The Bertz CT molecular complexity index is 690. The van der Waals surface area contributed by atoms with Gasteiger partial charge in [-0.3, -0.25) is 4.79 Å². The van der Waals surface area contributed by atoms with Crippen LogP contribution in [0.3, 0.4) is 0 Å². The summed E-state index contributed by atoms with van der Waals surface area (Å²) >= 11 is 0. The second kappa shape index (κ2) is 8.50. The summed E-state index contributed by atoms with van der Waals surface area (Å²) in [6.45, 7) is 3.05. The molecule has 1 aromatic carbocycles. The number of nitrogens with zero attached hydrogens (tertiary/aromatic N) is 1. The Labute approximate surface area is 160 Å². The van der Waals surface area contributed by atoms with Crippen LogP contribution in [0.15, 0.2) is 18.2 Å². The summed E-state index contributed by atoms with van der Waals surface area (Å²) < 4.78 is 10.7. The molecule has 0 radical (unpaired) electrons. The van der Waals surface area contributed by atoms with E-state index in [1.165, 1.54) is 0 Å². The van der Waals surface area contributed by atoms with Crippen molar-refractivity contribution in [1.29, 1.82) is 0 Å². The molecule has 7 nitrogen and oxygen atoms in total. The molecule has 2 aliphatic rings. The maximum atomic E-state index is 12.7. The van der Waals surface area contributed by atoms with E-state index in [-0.39, 0.29) is 23.9 Å². The summed E-state index contributed by atoms with van der Waals surface area (Å²) in [6.07, 6.45) is 3.82. The fourth-order valence-corrected chi connectivity index (χ4v) is 3.45. The largest absolute Gasteiger partial charge is 0.497 e. The quantitative estimate of drug-likeness (QED) is 0.800. The Morgan fingerprint density at radius 2 is 1.96 bits per heavy atom. The van der Waals surface area contributed by atoms with Crippen molar-refractivity contribution in [2.24, 2.45) is 5.92 Å². The Balaban J connectivity index is 1.61. The van der Waals surface area contributed by atoms with E-state index in [1.807, 2.05) is 25.1 Å². The van der Waals surface area contributed by atoms with Crippen LogP contribution in [0.1, 0.15) is 44.2 Å². The van der Waals surface area contributed by atoms with E-state index < -0.39 is 0 Å². The molecule has 1 saturated carbocycles. The molecule has 3 rings (SSSR count). The number of likely N-dealkylation sites (tertiary alicyclic amines) is 1. The fraction of sp³-hybridized carbons (Fsp3) is 0.600. The zero-order valence-electron chi connectivity index (χ0n) is 16.3. The van der Waals surface area contributed by atoms with Crippen LogP contribution in [0.5, 0.6) is 11.5 Å². The van der Waals surface area contributed by atoms with Crippen molar-refractivity contribution >= 4 is 11.9 Å². The summed E-state index contributed by atoms with van der Waals surface area (Å²) in [6, 6.07) is 5.47. The first-order valence-corrected chi connectivity index (χ1v) is 9.59. The van der Waals surface area contributed by atoms with Gasteiger partial charge in [0.05, 0.1) is 26.2 Å². The van der Waals surface area contributed by atoms with Gasteiger partial charge < -0.3 is 25.0 Å². The number of rotatable bonds is 6. The monoisotopic (exact) mass is 375 g/mol. The number of benzene rings is 1. The molecule has 3 amide bonds. The third-order valence-electron chi connectivity index (χ3n) is 5.25. The van der Waals surface area contributed by atoms with Gasteiger partial charge in [0.1, 0.15) is 11.5 Å². The van der Waals surface area contributed by atoms with Crippen molar-refractivity contribution in [3.8, 4) is 11.5 Å². The minimum Gasteiger partial charge on any atom is -0.497 e. The number of piperidine rings is 1. The lowest BCUT2D eigenvalue weighted by Crippen LogP contribution is -2.49. The molecule has 27 heavy (non-hydrogen) atoms.